The fourth-order valence-electron chi connectivity index (χ4n) is 2.06. The molecule has 1 atom stereocenters. The molecule has 86 valence electrons. The van der Waals surface area contributed by atoms with E-state index in [9.17, 15) is 5.11 Å². The minimum absolute atomic E-state index is 0.102. The summed E-state index contributed by atoms with van der Waals surface area (Å²) in [5, 5.41) is 10.1. The van der Waals surface area contributed by atoms with Gasteiger partial charge in [-0.2, -0.15) is 0 Å². The first kappa shape index (κ1) is 14.0. The van der Waals surface area contributed by atoms with Gasteiger partial charge in [0.15, 0.2) is 0 Å². The third-order valence-electron chi connectivity index (χ3n) is 2.68. The second kappa shape index (κ2) is 6.44. The zero-order valence-electron chi connectivity index (χ0n) is 10.6. The Morgan fingerprint density at radius 2 is 1.43 bits per heavy atom. The largest absolute Gasteiger partial charge is 0.393 e. The summed E-state index contributed by atoms with van der Waals surface area (Å²) in [5.74, 6) is 0.518. The lowest BCUT2D eigenvalue weighted by molar-refractivity contribution is 0.0574. The highest BCUT2D eigenvalue weighted by Gasteiger charge is 2.23. The van der Waals surface area contributed by atoms with Gasteiger partial charge in [-0.15, -0.1) is 0 Å². The minimum Gasteiger partial charge on any atom is -0.393 e. The summed E-state index contributed by atoms with van der Waals surface area (Å²) in [6, 6.07) is 0. The van der Waals surface area contributed by atoms with Gasteiger partial charge >= 0.3 is 0 Å². The van der Waals surface area contributed by atoms with E-state index in [1.54, 1.807) is 0 Å². The van der Waals surface area contributed by atoms with Crippen LogP contribution in [0.15, 0.2) is 0 Å². The van der Waals surface area contributed by atoms with Crippen molar-refractivity contribution in [3.8, 4) is 0 Å². The molecule has 0 aliphatic rings. The van der Waals surface area contributed by atoms with Crippen LogP contribution >= 0.6 is 0 Å². The van der Waals surface area contributed by atoms with Crippen molar-refractivity contribution in [2.24, 2.45) is 11.3 Å². The van der Waals surface area contributed by atoms with Gasteiger partial charge in [0, 0.05) is 0 Å². The van der Waals surface area contributed by atoms with Crippen LogP contribution in [0.5, 0.6) is 0 Å². The van der Waals surface area contributed by atoms with Crippen LogP contribution in [-0.4, -0.2) is 11.2 Å². The molecule has 0 aromatic carbocycles. The quantitative estimate of drug-likeness (QED) is 0.687. The molecule has 0 aliphatic carbocycles. The van der Waals surface area contributed by atoms with Crippen molar-refractivity contribution in [2.75, 3.05) is 0 Å². The Labute approximate surface area is 89.9 Å². The molecule has 0 amide bonds. The van der Waals surface area contributed by atoms with Crippen LogP contribution in [-0.2, 0) is 0 Å². The molecule has 1 N–H and O–H groups in total. The average Bonchev–Trinajstić information content (AvgIpc) is 2.01. The van der Waals surface area contributed by atoms with E-state index >= 15 is 0 Å². The second-order valence-electron chi connectivity index (χ2n) is 5.67. The molecular weight excluding hydrogens is 172 g/mol. The van der Waals surface area contributed by atoms with Crippen LogP contribution < -0.4 is 0 Å². The highest BCUT2D eigenvalue weighted by Crippen LogP contribution is 2.28. The smallest absolute Gasteiger partial charge is 0.0573 e. The van der Waals surface area contributed by atoms with E-state index in [0.717, 1.165) is 6.42 Å². The van der Waals surface area contributed by atoms with E-state index in [1.807, 2.05) is 0 Å². The SMILES string of the molecule is CCCC(CCC)C(O)CC(C)(C)C. The molecule has 0 spiro atoms. The van der Waals surface area contributed by atoms with Gasteiger partial charge in [0.1, 0.15) is 0 Å². The van der Waals surface area contributed by atoms with Crippen molar-refractivity contribution in [1.29, 1.82) is 0 Å². The summed E-state index contributed by atoms with van der Waals surface area (Å²) < 4.78 is 0. The summed E-state index contributed by atoms with van der Waals surface area (Å²) in [4.78, 5) is 0. The highest BCUT2D eigenvalue weighted by molar-refractivity contribution is 4.74. The summed E-state index contributed by atoms with van der Waals surface area (Å²) in [5.41, 5.74) is 0.249. The molecule has 0 radical (unpaired) electrons. The van der Waals surface area contributed by atoms with Crippen molar-refractivity contribution >= 4 is 0 Å². The Balaban J connectivity index is 4.06. The molecular formula is C13H28O. The maximum absolute atomic E-state index is 10.1. The van der Waals surface area contributed by atoms with Crippen LogP contribution in [0, 0.1) is 11.3 Å². The lowest BCUT2D eigenvalue weighted by atomic mass is 9.81. The van der Waals surface area contributed by atoms with Crippen molar-refractivity contribution in [2.45, 2.75) is 72.8 Å². The molecule has 0 heterocycles. The summed E-state index contributed by atoms with van der Waals surface area (Å²) >= 11 is 0. The summed E-state index contributed by atoms with van der Waals surface area (Å²) in [6.45, 7) is 11.0. The number of rotatable bonds is 6. The molecule has 0 fully saturated rings. The Morgan fingerprint density at radius 3 is 1.71 bits per heavy atom. The first-order valence-corrected chi connectivity index (χ1v) is 6.08. The van der Waals surface area contributed by atoms with Crippen molar-refractivity contribution in [3.63, 3.8) is 0 Å². The molecule has 0 rings (SSSR count). The Kier molecular flexibility index (Phi) is 6.43. The Hall–Kier alpha value is -0.0400. The van der Waals surface area contributed by atoms with Gasteiger partial charge in [-0.1, -0.05) is 47.5 Å². The van der Waals surface area contributed by atoms with Crippen molar-refractivity contribution in [1.82, 2.24) is 0 Å². The molecule has 0 aromatic heterocycles. The molecule has 1 unspecified atom stereocenters. The van der Waals surface area contributed by atoms with Crippen LogP contribution in [0.2, 0.25) is 0 Å². The first-order valence-electron chi connectivity index (χ1n) is 6.08. The number of hydrogen-bond acceptors (Lipinski definition) is 1. The second-order valence-corrected chi connectivity index (χ2v) is 5.67. The van der Waals surface area contributed by atoms with Gasteiger partial charge in [-0.25, -0.2) is 0 Å². The standard InChI is InChI=1S/C13H28O/c1-6-8-11(9-7-2)12(14)10-13(3,4)5/h11-12,14H,6-10H2,1-5H3. The fourth-order valence-corrected chi connectivity index (χ4v) is 2.06. The lowest BCUT2D eigenvalue weighted by Crippen LogP contribution is -2.26. The molecule has 0 aromatic rings. The van der Waals surface area contributed by atoms with E-state index in [-0.39, 0.29) is 11.5 Å². The van der Waals surface area contributed by atoms with Crippen molar-refractivity contribution in [3.05, 3.63) is 0 Å². The topological polar surface area (TPSA) is 20.2 Å². The Bertz CT molecular complexity index is 129. The fraction of sp³-hybridized carbons (Fsp3) is 1.00. The molecule has 0 bridgehead atoms. The van der Waals surface area contributed by atoms with E-state index < -0.39 is 0 Å². The van der Waals surface area contributed by atoms with E-state index in [1.165, 1.54) is 25.7 Å². The number of aliphatic hydroxyl groups is 1. The minimum atomic E-state index is -0.102. The third-order valence-corrected chi connectivity index (χ3v) is 2.68. The van der Waals surface area contributed by atoms with E-state index in [2.05, 4.69) is 34.6 Å². The van der Waals surface area contributed by atoms with Crippen LogP contribution in [0.1, 0.15) is 66.7 Å². The van der Waals surface area contributed by atoms with Gasteiger partial charge in [0.05, 0.1) is 6.10 Å². The molecule has 1 heteroatoms. The monoisotopic (exact) mass is 200 g/mol. The van der Waals surface area contributed by atoms with Gasteiger partial charge < -0.3 is 5.11 Å². The maximum Gasteiger partial charge on any atom is 0.0573 e. The molecule has 0 saturated carbocycles. The Morgan fingerprint density at radius 1 is 1.00 bits per heavy atom. The molecule has 0 aliphatic heterocycles. The third kappa shape index (κ3) is 6.42. The zero-order valence-corrected chi connectivity index (χ0v) is 10.6. The summed E-state index contributed by atoms with van der Waals surface area (Å²) in [6.07, 6.45) is 5.54. The number of aliphatic hydroxyl groups excluding tert-OH is 1. The summed E-state index contributed by atoms with van der Waals surface area (Å²) in [7, 11) is 0. The predicted octanol–water partition coefficient (Wildman–Crippen LogP) is 4.00. The van der Waals surface area contributed by atoms with Crippen LogP contribution in [0.4, 0.5) is 0 Å². The normalized spacial score (nSPS) is 14.8. The predicted molar refractivity (Wildman–Crippen MR) is 63.4 cm³/mol. The molecule has 0 saturated heterocycles. The lowest BCUT2D eigenvalue weighted by Gasteiger charge is -2.28. The van der Waals surface area contributed by atoms with E-state index in [0.29, 0.717) is 5.92 Å². The zero-order chi connectivity index (χ0) is 11.2. The van der Waals surface area contributed by atoms with Crippen LogP contribution in [0.3, 0.4) is 0 Å². The van der Waals surface area contributed by atoms with Crippen molar-refractivity contribution < 1.29 is 5.11 Å². The van der Waals surface area contributed by atoms with Gasteiger partial charge in [-0.3, -0.25) is 0 Å². The molecule has 1 nitrogen and oxygen atoms in total. The first-order chi connectivity index (χ1) is 6.40. The van der Waals surface area contributed by atoms with Crippen LogP contribution in [0.25, 0.3) is 0 Å². The van der Waals surface area contributed by atoms with E-state index in [4.69, 9.17) is 0 Å². The number of hydrogen-bond donors (Lipinski definition) is 1. The van der Waals surface area contributed by atoms with Gasteiger partial charge in [-0.05, 0) is 30.6 Å². The van der Waals surface area contributed by atoms with Gasteiger partial charge in [0.25, 0.3) is 0 Å². The maximum atomic E-state index is 10.1. The van der Waals surface area contributed by atoms with Gasteiger partial charge in [0.2, 0.25) is 0 Å². The average molecular weight is 200 g/mol. The highest BCUT2D eigenvalue weighted by atomic mass is 16.3. The molecule has 14 heavy (non-hydrogen) atoms.